The number of para-hydroxylation sites is 1. The molecule has 2 heterocycles. The molecule has 1 saturated heterocycles. The topological polar surface area (TPSA) is 77.0 Å². The molecule has 2 aliphatic rings. The van der Waals surface area contributed by atoms with Crippen LogP contribution in [0.5, 0.6) is 0 Å². The highest BCUT2D eigenvalue weighted by Crippen LogP contribution is 2.18. The Balaban J connectivity index is 1.40. The van der Waals surface area contributed by atoms with Crippen molar-refractivity contribution in [3.8, 4) is 0 Å². The van der Waals surface area contributed by atoms with Crippen molar-refractivity contribution in [2.75, 3.05) is 36.4 Å². The summed E-state index contributed by atoms with van der Waals surface area (Å²) in [6, 6.07) is 16.3. The van der Waals surface area contributed by atoms with Crippen LogP contribution in [0, 0.1) is 0 Å². The Bertz CT molecular complexity index is 908. The predicted octanol–water partition coefficient (Wildman–Crippen LogP) is 2.35. The third-order valence-corrected chi connectivity index (χ3v) is 5.28. The van der Waals surface area contributed by atoms with Crippen molar-refractivity contribution in [1.29, 1.82) is 0 Å². The van der Waals surface area contributed by atoms with E-state index in [4.69, 9.17) is 11.6 Å². The fourth-order valence-electron chi connectivity index (χ4n) is 3.46. The Kier molecular flexibility index (Phi) is 5.67. The van der Waals surface area contributed by atoms with Gasteiger partial charge < -0.3 is 15.1 Å². The number of aliphatic imine (C=N–C) groups is 1. The molecule has 29 heavy (non-hydrogen) atoms. The molecule has 0 unspecified atom stereocenters. The van der Waals surface area contributed by atoms with Gasteiger partial charge in [-0.1, -0.05) is 29.8 Å². The SMILES string of the molecule is O=C1C[C@H](C(=O)Nc2ccc(Cl)cc2)N=C(N2CCN(c3ccccc3)CC2)N1. The number of benzene rings is 2. The Morgan fingerprint density at radius 1 is 1.00 bits per heavy atom. The van der Waals surface area contributed by atoms with Crippen LogP contribution in [0.2, 0.25) is 5.02 Å². The number of nitrogens with zero attached hydrogens (tertiary/aromatic N) is 3. The first kappa shape index (κ1) is 19.3. The monoisotopic (exact) mass is 411 g/mol. The van der Waals surface area contributed by atoms with E-state index in [9.17, 15) is 9.59 Å². The van der Waals surface area contributed by atoms with Crippen LogP contribution < -0.4 is 15.5 Å². The molecule has 7 nitrogen and oxygen atoms in total. The highest BCUT2D eigenvalue weighted by molar-refractivity contribution is 6.30. The van der Waals surface area contributed by atoms with Crippen molar-refractivity contribution in [3.05, 3.63) is 59.6 Å². The molecule has 0 spiro atoms. The van der Waals surface area contributed by atoms with Crippen LogP contribution in [-0.2, 0) is 9.59 Å². The molecule has 1 atom stereocenters. The molecular weight excluding hydrogens is 390 g/mol. The number of carbonyl (C=O) groups is 2. The van der Waals surface area contributed by atoms with Gasteiger partial charge in [-0.3, -0.25) is 14.9 Å². The van der Waals surface area contributed by atoms with Gasteiger partial charge in [-0.05, 0) is 36.4 Å². The predicted molar refractivity (Wildman–Crippen MR) is 114 cm³/mol. The number of hydrogen-bond donors (Lipinski definition) is 2. The zero-order valence-corrected chi connectivity index (χ0v) is 16.6. The number of amides is 2. The van der Waals surface area contributed by atoms with Gasteiger partial charge in [0.15, 0.2) is 0 Å². The van der Waals surface area contributed by atoms with E-state index in [1.54, 1.807) is 24.3 Å². The van der Waals surface area contributed by atoms with Crippen molar-refractivity contribution in [3.63, 3.8) is 0 Å². The van der Waals surface area contributed by atoms with E-state index < -0.39 is 6.04 Å². The average molecular weight is 412 g/mol. The van der Waals surface area contributed by atoms with Crippen molar-refractivity contribution >= 4 is 40.7 Å². The summed E-state index contributed by atoms with van der Waals surface area (Å²) in [5.74, 6) is -0.0236. The molecule has 0 bridgehead atoms. The molecule has 2 aliphatic heterocycles. The van der Waals surface area contributed by atoms with Crippen molar-refractivity contribution < 1.29 is 9.59 Å². The minimum atomic E-state index is -0.749. The summed E-state index contributed by atoms with van der Waals surface area (Å²) >= 11 is 5.87. The summed E-state index contributed by atoms with van der Waals surface area (Å²) in [5.41, 5.74) is 1.81. The quantitative estimate of drug-likeness (QED) is 0.812. The molecule has 2 N–H and O–H groups in total. The molecule has 0 radical (unpaired) electrons. The van der Waals surface area contributed by atoms with Gasteiger partial charge in [-0.15, -0.1) is 0 Å². The maximum atomic E-state index is 12.6. The standard InChI is InChI=1S/C21H22ClN5O2/c22-15-6-8-16(9-7-15)23-20(29)18-14-19(28)25-21(24-18)27-12-10-26(11-13-27)17-4-2-1-3-5-17/h1-9,18H,10-14H2,(H,23,29)(H,24,25,28)/t18-/m1/s1. The largest absolute Gasteiger partial charge is 0.368 e. The van der Waals surface area contributed by atoms with Gasteiger partial charge in [0.2, 0.25) is 17.8 Å². The zero-order chi connectivity index (χ0) is 20.2. The average Bonchev–Trinajstić information content (AvgIpc) is 2.75. The third kappa shape index (κ3) is 4.68. The summed E-state index contributed by atoms with van der Waals surface area (Å²) < 4.78 is 0. The molecule has 8 heteroatoms. The van der Waals surface area contributed by atoms with Crippen LogP contribution in [0.4, 0.5) is 11.4 Å². The van der Waals surface area contributed by atoms with Crippen LogP contribution in [-0.4, -0.2) is 54.9 Å². The highest BCUT2D eigenvalue weighted by Gasteiger charge is 2.30. The van der Waals surface area contributed by atoms with Crippen LogP contribution >= 0.6 is 11.6 Å². The van der Waals surface area contributed by atoms with Crippen molar-refractivity contribution in [2.45, 2.75) is 12.5 Å². The number of guanidine groups is 1. The van der Waals surface area contributed by atoms with Crippen molar-refractivity contribution in [1.82, 2.24) is 10.2 Å². The van der Waals surface area contributed by atoms with Crippen LogP contribution in [0.15, 0.2) is 59.6 Å². The molecule has 0 aliphatic carbocycles. The first-order chi connectivity index (χ1) is 14.1. The van der Waals surface area contributed by atoms with Gasteiger partial charge >= 0.3 is 0 Å². The number of piperazine rings is 1. The molecule has 0 aromatic heterocycles. The van der Waals surface area contributed by atoms with Crippen LogP contribution in [0.3, 0.4) is 0 Å². The zero-order valence-electron chi connectivity index (χ0n) is 15.8. The van der Waals surface area contributed by atoms with Gasteiger partial charge in [-0.25, -0.2) is 4.99 Å². The molecule has 0 saturated carbocycles. The number of hydrogen-bond acceptors (Lipinski definition) is 5. The van der Waals surface area contributed by atoms with Crippen LogP contribution in [0.1, 0.15) is 6.42 Å². The van der Waals surface area contributed by atoms with E-state index in [1.165, 1.54) is 5.69 Å². The molecule has 2 amide bonds. The second-order valence-corrected chi connectivity index (χ2v) is 7.46. The Labute approximate surface area is 174 Å². The fourth-order valence-corrected chi connectivity index (χ4v) is 3.59. The summed E-state index contributed by atoms with van der Waals surface area (Å²) in [5, 5.41) is 6.21. The molecule has 4 rings (SSSR count). The summed E-state index contributed by atoms with van der Waals surface area (Å²) in [6.07, 6.45) is 0.0346. The van der Waals surface area contributed by atoms with E-state index in [2.05, 4.69) is 32.7 Å². The molecule has 150 valence electrons. The smallest absolute Gasteiger partial charge is 0.249 e. The number of carbonyl (C=O) groups excluding carboxylic acids is 2. The minimum absolute atomic E-state index is 0.0346. The van der Waals surface area contributed by atoms with E-state index in [-0.39, 0.29) is 18.2 Å². The third-order valence-electron chi connectivity index (χ3n) is 5.02. The second kappa shape index (κ2) is 8.53. The van der Waals surface area contributed by atoms with E-state index in [1.807, 2.05) is 23.1 Å². The number of anilines is 2. The van der Waals surface area contributed by atoms with Crippen LogP contribution in [0.25, 0.3) is 0 Å². The number of halogens is 1. The molecular formula is C21H22ClN5O2. The Morgan fingerprint density at radius 3 is 2.34 bits per heavy atom. The molecule has 2 aromatic carbocycles. The van der Waals surface area contributed by atoms with E-state index >= 15 is 0 Å². The minimum Gasteiger partial charge on any atom is -0.368 e. The lowest BCUT2D eigenvalue weighted by Crippen LogP contribution is -2.56. The lowest BCUT2D eigenvalue weighted by atomic mass is 10.1. The first-order valence-corrected chi connectivity index (χ1v) is 9.95. The highest BCUT2D eigenvalue weighted by atomic mass is 35.5. The number of rotatable bonds is 3. The van der Waals surface area contributed by atoms with Gasteiger partial charge in [0.1, 0.15) is 6.04 Å². The van der Waals surface area contributed by atoms with Gasteiger partial charge in [0, 0.05) is 42.6 Å². The van der Waals surface area contributed by atoms with Gasteiger partial charge in [0.25, 0.3) is 0 Å². The Hall–Kier alpha value is -3.06. The van der Waals surface area contributed by atoms with Gasteiger partial charge in [0.05, 0.1) is 6.42 Å². The maximum absolute atomic E-state index is 12.6. The summed E-state index contributed by atoms with van der Waals surface area (Å²) in [4.78, 5) is 33.6. The first-order valence-electron chi connectivity index (χ1n) is 9.57. The van der Waals surface area contributed by atoms with Gasteiger partial charge in [-0.2, -0.15) is 0 Å². The summed E-state index contributed by atoms with van der Waals surface area (Å²) in [6.45, 7) is 3.08. The lowest BCUT2D eigenvalue weighted by molar-refractivity contribution is -0.125. The summed E-state index contributed by atoms with van der Waals surface area (Å²) in [7, 11) is 0. The lowest BCUT2D eigenvalue weighted by Gasteiger charge is -2.38. The molecule has 2 aromatic rings. The molecule has 1 fully saturated rings. The van der Waals surface area contributed by atoms with E-state index in [0.29, 0.717) is 16.7 Å². The fraction of sp³-hybridized carbons (Fsp3) is 0.286. The van der Waals surface area contributed by atoms with Crippen molar-refractivity contribution in [2.24, 2.45) is 4.99 Å². The van der Waals surface area contributed by atoms with E-state index in [0.717, 1.165) is 26.2 Å². The Morgan fingerprint density at radius 2 is 1.66 bits per heavy atom. The number of nitrogens with one attached hydrogen (secondary N) is 2. The normalized spacial score (nSPS) is 19.4. The second-order valence-electron chi connectivity index (χ2n) is 7.03. The maximum Gasteiger partial charge on any atom is 0.249 e.